The molecule has 1 heterocycles. The molecule has 27 heavy (non-hydrogen) atoms. The molecule has 0 aromatic heterocycles. The summed E-state index contributed by atoms with van der Waals surface area (Å²) >= 11 is 5.83. The Labute approximate surface area is 161 Å². The van der Waals surface area contributed by atoms with E-state index in [2.05, 4.69) is 5.16 Å². The fourth-order valence-corrected chi connectivity index (χ4v) is 3.16. The van der Waals surface area contributed by atoms with Gasteiger partial charge in [-0.05, 0) is 43.5 Å². The Morgan fingerprint density at radius 1 is 1.19 bits per heavy atom. The third-order valence-corrected chi connectivity index (χ3v) is 4.53. The maximum absolute atomic E-state index is 11.9. The van der Waals surface area contributed by atoms with Crippen LogP contribution in [0.25, 0.3) is 0 Å². The van der Waals surface area contributed by atoms with E-state index in [1.54, 1.807) is 30.3 Å². The van der Waals surface area contributed by atoms with Crippen LogP contribution >= 0.6 is 11.6 Å². The highest BCUT2D eigenvalue weighted by atomic mass is 35.5. The lowest BCUT2D eigenvalue weighted by molar-refractivity contribution is -0.384. The number of carbonyl (C=O) groups excluding carboxylic acids is 1. The Kier molecular flexibility index (Phi) is 6.03. The minimum absolute atomic E-state index is 0.0158. The predicted molar refractivity (Wildman–Crippen MR) is 104 cm³/mol. The monoisotopic (exact) mass is 387 g/mol. The second-order valence-electron chi connectivity index (χ2n) is 6.18. The molecule has 3 rings (SSSR count). The highest BCUT2D eigenvalue weighted by Gasteiger charge is 2.21. The smallest absolute Gasteiger partial charge is 0.365 e. The van der Waals surface area contributed by atoms with Gasteiger partial charge >= 0.3 is 5.97 Å². The lowest BCUT2D eigenvalue weighted by atomic mass is 10.1. The van der Waals surface area contributed by atoms with Gasteiger partial charge in [0.1, 0.15) is 5.69 Å². The molecule has 0 bridgehead atoms. The van der Waals surface area contributed by atoms with Crippen molar-refractivity contribution in [2.24, 2.45) is 5.16 Å². The SMILES string of the molecule is O=C(ON=Cc1ccc(N2CCCCC2)c([N+](=O)[O-])c1)c1cccc(Cl)c1. The summed E-state index contributed by atoms with van der Waals surface area (Å²) in [5.74, 6) is -0.659. The molecule has 1 saturated heterocycles. The van der Waals surface area contributed by atoms with Crippen LogP contribution in [0.2, 0.25) is 5.02 Å². The van der Waals surface area contributed by atoms with Crippen molar-refractivity contribution in [2.45, 2.75) is 19.3 Å². The zero-order chi connectivity index (χ0) is 19.2. The van der Waals surface area contributed by atoms with E-state index in [0.717, 1.165) is 32.4 Å². The van der Waals surface area contributed by atoms with Gasteiger partial charge in [-0.3, -0.25) is 10.1 Å². The van der Waals surface area contributed by atoms with Gasteiger partial charge in [-0.25, -0.2) is 4.79 Å². The molecule has 8 heteroatoms. The first-order chi connectivity index (χ1) is 13.0. The Morgan fingerprint density at radius 3 is 2.67 bits per heavy atom. The molecule has 0 amide bonds. The number of nitro groups is 1. The molecule has 0 atom stereocenters. The van der Waals surface area contributed by atoms with Gasteiger partial charge in [-0.1, -0.05) is 28.9 Å². The van der Waals surface area contributed by atoms with Crippen LogP contribution in [0.3, 0.4) is 0 Å². The Morgan fingerprint density at radius 2 is 1.96 bits per heavy atom. The predicted octanol–water partition coefficient (Wildman–Crippen LogP) is 4.43. The van der Waals surface area contributed by atoms with Gasteiger partial charge in [0, 0.05) is 29.7 Å². The summed E-state index contributed by atoms with van der Waals surface area (Å²) in [6, 6.07) is 11.2. The summed E-state index contributed by atoms with van der Waals surface area (Å²) in [7, 11) is 0. The summed E-state index contributed by atoms with van der Waals surface area (Å²) in [6.07, 6.45) is 4.47. The second kappa shape index (κ2) is 8.64. The van der Waals surface area contributed by atoms with Gasteiger partial charge in [0.15, 0.2) is 0 Å². The highest BCUT2D eigenvalue weighted by Crippen LogP contribution is 2.31. The largest absolute Gasteiger partial charge is 0.366 e. The Balaban J connectivity index is 1.73. The molecule has 0 aliphatic carbocycles. The van der Waals surface area contributed by atoms with Crippen LogP contribution in [-0.4, -0.2) is 30.2 Å². The molecule has 1 fully saturated rings. The van der Waals surface area contributed by atoms with Crippen LogP contribution < -0.4 is 4.90 Å². The van der Waals surface area contributed by atoms with E-state index in [0.29, 0.717) is 16.3 Å². The maximum Gasteiger partial charge on any atom is 0.365 e. The van der Waals surface area contributed by atoms with Crippen molar-refractivity contribution in [3.8, 4) is 0 Å². The molecule has 7 nitrogen and oxygen atoms in total. The van der Waals surface area contributed by atoms with Crippen LogP contribution in [-0.2, 0) is 4.84 Å². The number of anilines is 1. The summed E-state index contributed by atoms with van der Waals surface area (Å²) < 4.78 is 0. The zero-order valence-corrected chi connectivity index (χ0v) is 15.3. The number of nitro benzene ring substituents is 1. The molecule has 0 N–H and O–H groups in total. The highest BCUT2D eigenvalue weighted by molar-refractivity contribution is 6.30. The number of hydrogen-bond donors (Lipinski definition) is 0. The van der Waals surface area contributed by atoms with Crippen molar-refractivity contribution in [3.05, 3.63) is 68.7 Å². The number of rotatable bonds is 5. The van der Waals surface area contributed by atoms with E-state index in [4.69, 9.17) is 16.4 Å². The van der Waals surface area contributed by atoms with E-state index < -0.39 is 10.9 Å². The van der Waals surface area contributed by atoms with Crippen molar-refractivity contribution >= 4 is 35.2 Å². The first kappa shape index (κ1) is 18.8. The van der Waals surface area contributed by atoms with Crippen LogP contribution in [0.5, 0.6) is 0 Å². The van der Waals surface area contributed by atoms with Crippen molar-refractivity contribution in [1.82, 2.24) is 0 Å². The lowest BCUT2D eigenvalue weighted by Crippen LogP contribution is -2.29. The summed E-state index contributed by atoms with van der Waals surface area (Å²) in [6.45, 7) is 1.62. The molecule has 0 unspecified atom stereocenters. The summed E-state index contributed by atoms with van der Waals surface area (Å²) in [5, 5.41) is 15.5. The summed E-state index contributed by atoms with van der Waals surface area (Å²) in [5.41, 5.74) is 1.36. The first-order valence-electron chi connectivity index (χ1n) is 8.58. The van der Waals surface area contributed by atoms with Crippen LogP contribution in [0.4, 0.5) is 11.4 Å². The number of halogens is 1. The van der Waals surface area contributed by atoms with Crippen molar-refractivity contribution in [2.75, 3.05) is 18.0 Å². The summed E-state index contributed by atoms with van der Waals surface area (Å²) in [4.78, 5) is 29.8. The fourth-order valence-electron chi connectivity index (χ4n) is 2.97. The molecule has 2 aromatic rings. The van der Waals surface area contributed by atoms with Gasteiger partial charge in [-0.15, -0.1) is 0 Å². The molecule has 1 aliphatic heterocycles. The van der Waals surface area contributed by atoms with Gasteiger partial charge in [-0.2, -0.15) is 0 Å². The molecule has 0 saturated carbocycles. The molecule has 0 radical (unpaired) electrons. The zero-order valence-electron chi connectivity index (χ0n) is 14.5. The van der Waals surface area contributed by atoms with Gasteiger partial charge in [0.25, 0.3) is 5.69 Å². The van der Waals surface area contributed by atoms with Crippen LogP contribution in [0, 0.1) is 10.1 Å². The quantitative estimate of drug-likeness (QED) is 0.328. The number of oxime groups is 1. The van der Waals surface area contributed by atoms with Crippen LogP contribution in [0.1, 0.15) is 35.2 Å². The first-order valence-corrected chi connectivity index (χ1v) is 8.96. The van der Waals surface area contributed by atoms with E-state index in [1.807, 2.05) is 4.90 Å². The Hall–Kier alpha value is -2.93. The standard InChI is InChI=1S/C19H18ClN3O4/c20-16-6-4-5-15(12-16)19(24)27-21-13-14-7-8-17(18(11-14)23(25)26)22-9-2-1-3-10-22/h4-8,11-13H,1-3,9-10H2. The number of benzene rings is 2. The molecule has 1 aliphatic rings. The van der Waals surface area contributed by atoms with E-state index >= 15 is 0 Å². The fraction of sp³-hybridized carbons (Fsp3) is 0.263. The number of hydrogen-bond acceptors (Lipinski definition) is 6. The van der Waals surface area contributed by atoms with E-state index in [-0.39, 0.29) is 11.3 Å². The van der Waals surface area contributed by atoms with Gasteiger partial charge in [0.05, 0.1) is 16.7 Å². The van der Waals surface area contributed by atoms with Crippen molar-refractivity contribution < 1.29 is 14.6 Å². The van der Waals surface area contributed by atoms with Gasteiger partial charge in [0.2, 0.25) is 0 Å². The molecular weight excluding hydrogens is 370 g/mol. The maximum atomic E-state index is 11.9. The van der Waals surface area contributed by atoms with Gasteiger partial charge < -0.3 is 9.74 Å². The minimum atomic E-state index is -0.659. The lowest BCUT2D eigenvalue weighted by Gasteiger charge is -2.28. The second-order valence-corrected chi connectivity index (χ2v) is 6.61. The normalized spacial score (nSPS) is 14.3. The average Bonchev–Trinajstić information content (AvgIpc) is 2.68. The number of nitrogens with zero attached hydrogens (tertiary/aromatic N) is 3. The molecule has 140 valence electrons. The minimum Gasteiger partial charge on any atom is -0.366 e. The number of piperidine rings is 1. The van der Waals surface area contributed by atoms with Crippen molar-refractivity contribution in [3.63, 3.8) is 0 Å². The third-order valence-electron chi connectivity index (χ3n) is 4.29. The van der Waals surface area contributed by atoms with E-state index in [1.165, 1.54) is 18.3 Å². The Bertz CT molecular complexity index is 879. The topological polar surface area (TPSA) is 85.0 Å². The molecule has 2 aromatic carbocycles. The average molecular weight is 388 g/mol. The molecular formula is C19H18ClN3O4. The van der Waals surface area contributed by atoms with Crippen LogP contribution in [0.15, 0.2) is 47.6 Å². The third kappa shape index (κ3) is 4.83. The van der Waals surface area contributed by atoms with Crippen molar-refractivity contribution in [1.29, 1.82) is 0 Å². The van der Waals surface area contributed by atoms with E-state index in [9.17, 15) is 14.9 Å². The number of carbonyl (C=O) groups is 1. The molecule has 0 spiro atoms.